The van der Waals surface area contributed by atoms with Crippen molar-refractivity contribution in [3.63, 3.8) is 0 Å². The van der Waals surface area contributed by atoms with Crippen molar-refractivity contribution in [1.82, 2.24) is 5.16 Å². The highest BCUT2D eigenvalue weighted by Gasteiger charge is 2.31. The molecule has 0 aliphatic heterocycles. The van der Waals surface area contributed by atoms with E-state index in [0.29, 0.717) is 0 Å². The molecule has 0 saturated heterocycles. The smallest absolute Gasteiger partial charge is 0.167 e. The van der Waals surface area contributed by atoms with E-state index in [2.05, 4.69) is 11.2 Å². The van der Waals surface area contributed by atoms with E-state index in [1.807, 2.05) is 12.1 Å². The van der Waals surface area contributed by atoms with Crippen molar-refractivity contribution in [3.8, 4) is 0 Å². The SMILES string of the molecule is NC1(c2cccc3oncc23)CCCCC1. The average molecular weight is 216 g/mol. The van der Waals surface area contributed by atoms with Gasteiger partial charge in [-0.05, 0) is 24.5 Å². The summed E-state index contributed by atoms with van der Waals surface area (Å²) in [6.07, 6.45) is 7.66. The Bertz CT molecular complexity index is 497. The predicted molar refractivity (Wildman–Crippen MR) is 63.0 cm³/mol. The average Bonchev–Trinajstić information content (AvgIpc) is 2.77. The molecule has 1 heterocycles. The number of aromatic nitrogens is 1. The fraction of sp³-hybridized carbons (Fsp3) is 0.462. The van der Waals surface area contributed by atoms with Crippen LogP contribution < -0.4 is 5.73 Å². The van der Waals surface area contributed by atoms with Crippen molar-refractivity contribution in [2.45, 2.75) is 37.6 Å². The second kappa shape index (κ2) is 3.59. The molecule has 2 aromatic rings. The van der Waals surface area contributed by atoms with E-state index in [9.17, 15) is 0 Å². The lowest BCUT2D eigenvalue weighted by Crippen LogP contribution is -2.38. The highest BCUT2D eigenvalue weighted by atomic mass is 16.5. The Labute approximate surface area is 94.6 Å². The number of benzene rings is 1. The maximum absolute atomic E-state index is 6.54. The summed E-state index contributed by atoms with van der Waals surface area (Å²) in [6, 6.07) is 6.06. The van der Waals surface area contributed by atoms with E-state index < -0.39 is 0 Å². The lowest BCUT2D eigenvalue weighted by molar-refractivity contribution is 0.304. The first-order valence-corrected chi connectivity index (χ1v) is 5.92. The van der Waals surface area contributed by atoms with Gasteiger partial charge in [0.05, 0.1) is 6.20 Å². The molecule has 0 spiro atoms. The first-order valence-electron chi connectivity index (χ1n) is 5.92. The summed E-state index contributed by atoms with van der Waals surface area (Å²) in [5, 5.41) is 4.93. The molecule has 0 radical (unpaired) electrons. The van der Waals surface area contributed by atoms with Crippen molar-refractivity contribution in [3.05, 3.63) is 30.0 Å². The lowest BCUT2D eigenvalue weighted by atomic mass is 9.76. The van der Waals surface area contributed by atoms with E-state index >= 15 is 0 Å². The van der Waals surface area contributed by atoms with E-state index in [0.717, 1.165) is 23.8 Å². The molecule has 0 unspecified atom stereocenters. The van der Waals surface area contributed by atoms with Crippen LogP contribution in [0.5, 0.6) is 0 Å². The van der Waals surface area contributed by atoms with Crippen LogP contribution in [0.3, 0.4) is 0 Å². The molecule has 1 aromatic carbocycles. The third-order valence-corrected chi connectivity index (χ3v) is 3.68. The van der Waals surface area contributed by atoms with Crippen molar-refractivity contribution in [1.29, 1.82) is 0 Å². The molecule has 1 fully saturated rings. The van der Waals surface area contributed by atoms with Crippen molar-refractivity contribution >= 4 is 11.0 Å². The van der Waals surface area contributed by atoms with Crippen LogP contribution >= 0.6 is 0 Å². The number of rotatable bonds is 1. The monoisotopic (exact) mass is 216 g/mol. The van der Waals surface area contributed by atoms with Crippen molar-refractivity contribution in [2.75, 3.05) is 0 Å². The number of hydrogen-bond acceptors (Lipinski definition) is 3. The van der Waals surface area contributed by atoms with Crippen LogP contribution in [0.15, 0.2) is 28.9 Å². The van der Waals surface area contributed by atoms with Crippen LogP contribution in [-0.2, 0) is 5.54 Å². The summed E-state index contributed by atoms with van der Waals surface area (Å²) in [6.45, 7) is 0. The zero-order valence-corrected chi connectivity index (χ0v) is 9.28. The lowest BCUT2D eigenvalue weighted by Gasteiger charge is -2.34. The topological polar surface area (TPSA) is 52.0 Å². The Morgan fingerprint density at radius 1 is 1.19 bits per heavy atom. The zero-order valence-electron chi connectivity index (χ0n) is 9.28. The number of nitrogens with two attached hydrogens (primary N) is 1. The Hall–Kier alpha value is -1.35. The highest BCUT2D eigenvalue weighted by Crippen LogP contribution is 2.37. The molecule has 16 heavy (non-hydrogen) atoms. The Morgan fingerprint density at radius 3 is 2.81 bits per heavy atom. The van der Waals surface area contributed by atoms with Gasteiger partial charge < -0.3 is 10.3 Å². The molecular weight excluding hydrogens is 200 g/mol. The second-order valence-corrected chi connectivity index (χ2v) is 4.76. The first-order chi connectivity index (χ1) is 7.80. The first kappa shape index (κ1) is 9.85. The number of fused-ring (bicyclic) bond motifs is 1. The van der Waals surface area contributed by atoms with Crippen molar-refractivity contribution in [2.24, 2.45) is 5.73 Å². The summed E-state index contributed by atoms with van der Waals surface area (Å²) in [5.41, 5.74) is 8.40. The standard InChI is InChI=1S/C13H16N2O/c14-13(7-2-1-3-8-13)11-5-4-6-12-10(11)9-15-16-12/h4-6,9H,1-3,7-8,14H2. The van der Waals surface area contributed by atoms with Crippen LogP contribution in [0.25, 0.3) is 11.0 Å². The molecule has 0 bridgehead atoms. The van der Waals surface area contributed by atoms with Crippen LogP contribution in [0.4, 0.5) is 0 Å². The summed E-state index contributed by atoms with van der Waals surface area (Å²) < 4.78 is 5.19. The Kier molecular flexibility index (Phi) is 2.21. The highest BCUT2D eigenvalue weighted by molar-refractivity contribution is 5.80. The minimum atomic E-state index is -0.177. The van der Waals surface area contributed by atoms with E-state index in [1.165, 1.54) is 24.8 Å². The zero-order chi connectivity index (χ0) is 11.0. The molecule has 3 rings (SSSR count). The quantitative estimate of drug-likeness (QED) is 0.797. The van der Waals surface area contributed by atoms with Gasteiger partial charge in [-0.15, -0.1) is 0 Å². The fourth-order valence-corrected chi connectivity index (χ4v) is 2.78. The Morgan fingerprint density at radius 2 is 2.00 bits per heavy atom. The third kappa shape index (κ3) is 1.43. The minimum Gasteiger partial charge on any atom is -0.356 e. The summed E-state index contributed by atoms with van der Waals surface area (Å²) in [4.78, 5) is 0. The molecule has 2 N–H and O–H groups in total. The van der Waals surface area contributed by atoms with Crippen LogP contribution in [0.2, 0.25) is 0 Å². The second-order valence-electron chi connectivity index (χ2n) is 4.76. The molecular formula is C13H16N2O. The molecule has 3 heteroatoms. The molecule has 0 amide bonds. The third-order valence-electron chi connectivity index (χ3n) is 3.68. The van der Waals surface area contributed by atoms with Gasteiger partial charge in [0, 0.05) is 10.9 Å². The largest absolute Gasteiger partial charge is 0.356 e. The fourth-order valence-electron chi connectivity index (χ4n) is 2.78. The van der Waals surface area contributed by atoms with E-state index in [4.69, 9.17) is 10.3 Å². The summed E-state index contributed by atoms with van der Waals surface area (Å²) in [5.74, 6) is 0. The minimum absolute atomic E-state index is 0.177. The van der Waals surface area contributed by atoms with Gasteiger partial charge in [0.2, 0.25) is 0 Å². The van der Waals surface area contributed by atoms with Gasteiger partial charge in [-0.1, -0.05) is 36.6 Å². The van der Waals surface area contributed by atoms with Gasteiger partial charge in [-0.25, -0.2) is 0 Å². The molecule has 1 aliphatic carbocycles. The predicted octanol–water partition coefficient (Wildman–Crippen LogP) is 2.95. The van der Waals surface area contributed by atoms with E-state index in [1.54, 1.807) is 6.20 Å². The summed E-state index contributed by atoms with van der Waals surface area (Å²) in [7, 11) is 0. The van der Waals surface area contributed by atoms with Gasteiger partial charge in [-0.3, -0.25) is 0 Å². The molecule has 3 nitrogen and oxygen atoms in total. The van der Waals surface area contributed by atoms with Crippen LogP contribution in [0, 0.1) is 0 Å². The van der Waals surface area contributed by atoms with Crippen molar-refractivity contribution < 1.29 is 4.52 Å². The molecule has 1 aliphatic rings. The number of nitrogens with zero attached hydrogens (tertiary/aromatic N) is 1. The molecule has 1 aromatic heterocycles. The Balaban J connectivity index is 2.13. The molecule has 84 valence electrons. The van der Waals surface area contributed by atoms with Crippen LogP contribution in [-0.4, -0.2) is 5.16 Å². The van der Waals surface area contributed by atoms with Crippen LogP contribution in [0.1, 0.15) is 37.7 Å². The molecule has 1 saturated carbocycles. The number of hydrogen-bond donors (Lipinski definition) is 1. The maximum atomic E-state index is 6.54. The summed E-state index contributed by atoms with van der Waals surface area (Å²) >= 11 is 0. The van der Waals surface area contributed by atoms with Gasteiger partial charge in [0.15, 0.2) is 5.58 Å². The normalized spacial score (nSPS) is 20.1. The maximum Gasteiger partial charge on any atom is 0.167 e. The molecule has 0 atom stereocenters. The van der Waals surface area contributed by atoms with Gasteiger partial charge >= 0.3 is 0 Å². The van der Waals surface area contributed by atoms with Gasteiger partial charge in [-0.2, -0.15) is 0 Å². The van der Waals surface area contributed by atoms with Gasteiger partial charge in [0.1, 0.15) is 0 Å². The van der Waals surface area contributed by atoms with E-state index in [-0.39, 0.29) is 5.54 Å². The van der Waals surface area contributed by atoms with Gasteiger partial charge in [0.25, 0.3) is 0 Å².